The van der Waals surface area contributed by atoms with Crippen LogP contribution in [0.15, 0.2) is 18.2 Å². The maximum atomic E-state index is 12.5. The molecule has 1 N–H and O–H groups in total. The Kier molecular flexibility index (Phi) is 2.15. The van der Waals surface area contributed by atoms with Gasteiger partial charge >= 0.3 is 6.11 Å². The summed E-state index contributed by atoms with van der Waals surface area (Å²) in [6.45, 7) is 3.29. The van der Waals surface area contributed by atoms with Gasteiger partial charge in [0.15, 0.2) is 0 Å². The molecule has 1 aromatic carbocycles. The van der Waals surface area contributed by atoms with Crippen molar-refractivity contribution in [2.24, 2.45) is 0 Å². The predicted octanol–water partition coefficient (Wildman–Crippen LogP) is 2.35. The molecular formula is C9H10F2O. The lowest BCUT2D eigenvalue weighted by Gasteiger charge is -2.13. The molecule has 0 saturated heterocycles. The molecule has 12 heavy (non-hydrogen) atoms. The summed E-state index contributed by atoms with van der Waals surface area (Å²) in [7, 11) is 0. The smallest absolute Gasteiger partial charge is 0.332 e. The topological polar surface area (TPSA) is 20.2 Å². The molecule has 0 heterocycles. The lowest BCUT2D eigenvalue weighted by atomic mass is 10.0. The fraction of sp³-hybridized carbons (Fsp3) is 0.333. The number of rotatable bonds is 1. The molecule has 0 unspecified atom stereocenters. The summed E-state index contributed by atoms with van der Waals surface area (Å²) in [6.07, 6.45) is -3.73. The van der Waals surface area contributed by atoms with Crippen molar-refractivity contribution in [3.8, 4) is 0 Å². The third-order valence-corrected chi connectivity index (χ3v) is 1.93. The molecule has 0 amide bonds. The largest absolute Gasteiger partial charge is 0.381 e. The van der Waals surface area contributed by atoms with E-state index in [1.165, 1.54) is 12.1 Å². The van der Waals surface area contributed by atoms with Crippen LogP contribution in [0.1, 0.15) is 16.7 Å². The van der Waals surface area contributed by atoms with Crippen molar-refractivity contribution in [3.63, 3.8) is 0 Å². The number of halogens is 2. The highest BCUT2D eigenvalue weighted by atomic mass is 19.3. The van der Waals surface area contributed by atoms with Crippen LogP contribution < -0.4 is 0 Å². The molecule has 0 aromatic heterocycles. The Hall–Kier alpha value is -0.960. The van der Waals surface area contributed by atoms with Crippen LogP contribution in [0, 0.1) is 13.8 Å². The highest BCUT2D eigenvalue weighted by Crippen LogP contribution is 2.28. The van der Waals surface area contributed by atoms with E-state index in [9.17, 15) is 8.78 Å². The van der Waals surface area contributed by atoms with Gasteiger partial charge in [-0.15, -0.1) is 0 Å². The van der Waals surface area contributed by atoms with Crippen molar-refractivity contribution in [1.82, 2.24) is 0 Å². The van der Waals surface area contributed by atoms with Crippen LogP contribution in [-0.4, -0.2) is 5.11 Å². The fourth-order valence-electron chi connectivity index (χ4n) is 1.08. The van der Waals surface area contributed by atoms with Crippen LogP contribution >= 0.6 is 0 Å². The van der Waals surface area contributed by atoms with Gasteiger partial charge in [0.05, 0.1) is 5.56 Å². The molecule has 0 spiro atoms. The van der Waals surface area contributed by atoms with E-state index in [4.69, 9.17) is 5.11 Å². The first-order chi connectivity index (χ1) is 5.43. The average molecular weight is 172 g/mol. The zero-order chi connectivity index (χ0) is 9.35. The Morgan fingerprint density at radius 3 is 2.25 bits per heavy atom. The van der Waals surface area contributed by atoms with Crippen LogP contribution in [-0.2, 0) is 6.11 Å². The minimum absolute atomic E-state index is 0.317. The number of alkyl halides is 2. The van der Waals surface area contributed by atoms with Gasteiger partial charge in [0.1, 0.15) is 0 Å². The molecule has 0 aliphatic heterocycles. The first kappa shape index (κ1) is 9.13. The molecule has 0 aliphatic rings. The molecule has 0 radical (unpaired) electrons. The summed E-state index contributed by atoms with van der Waals surface area (Å²) in [5, 5.41) is 8.46. The van der Waals surface area contributed by atoms with Crippen molar-refractivity contribution in [3.05, 3.63) is 34.9 Å². The minimum Gasteiger partial charge on any atom is -0.332 e. The van der Waals surface area contributed by atoms with Crippen LogP contribution in [0.5, 0.6) is 0 Å². The molecule has 0 aliphatic carbocycles. The second kappa shape index (κ2) is 2.83. The quantitative estimate of drug-likeness (QED) is 0.689. The normalized spacial score (nSPS) is 11.8. The maximum Gasteiger partial charge on any atom is 0.381 e. The monoisotopic (exact) mass is 172 g/mol. The lowest BCUT2D eigenvalue weighted by molar-refractivity contribution is -0.209. The summed E-state index contributed by atoms with van der Waals surface area (Å²) < 4.78 is 24.9. The van der Waals surface area contributed by atoms with Gasteiger partial charge < -0.3 is 5.11 Å². The highest BCUT2D eigenvalue weighted by molar-refractivity contribution is 5.34. The van der Waals surface area contributed by atoms with E-state index in [1.54, 1.807) is 19.9 Å². The van der Waals surface area contributed by atoms with Crippen LogP contribution in [0.3, 0.4) is 0 Å². The Labute approximate surface area is 69.7 Å². The minimum atomic E-state index is -3.73. The molecule has 1 nitrogen and oxygen atoms in total. The van der Waals surface area contributed by atoms with Gasteiger partial charge in [-0.3, -0.25) is 0 Å². The molecule has 1 rings (SSSR count). The van der Waals surface area contributed by atoms with Gasteiger partial charge in [0.25, 0.3) is 0 Å². The van der Waals surface area contributed by atoms with Crippen LogP contribution in [0.25, 0.3) is 0 Å². The van der Waals surface area contributed by atoms with E-state index in [0.29, 0.717) is 5.56 Å². The first-order valence-corrected chi connectivity index (χ1v) is 3.60. The molecule has 1 aromatic rings. The van der Waals surface area contributed by atoms with Crippen LogP contribution in [0.4, 0.5) is 8.78 Å². The second-order valence-electron chi connectivity index (χ2n) is 2.79. The third kappa shape index (κ3) is 1.61. The second-order valence-corrected chi connectivity index (χ2v) is 2.79. The summed E-state index contributed by atoms with van der Waals surface area (Å²) in [5.41, 5.74) is 0.869. The third-order valence-electron chi connectivity index (χ3n) is 1.93. The van der Waals surface area contributed by atoms with Crippen molar-refractivity contribution in [2.75, 3.05) is 0 Å². The Morgan fingerprint density at radius 1 is 1.25 bits per heavy atom. The number of aliphatic hydroxyl groups is 1. The van der Waals surface area contributed by atoms with Gasteiger partial charge in [0.2, 0.25) is 0 Å². The zero-order valence-corrected chi connectivity index (χ0v) is 6.94. The van der Waals surface area contributed by atoms with E-state index < -0.39 is 6.11 Å². The SMILES string of the molecule is Cc1cccc(C(O)(F)F)c1C. The Balaban J connectivity index is 3.26. The number of aryl methyl sites for hydroxylation is 1. The number of benzene rings is 1. The Morgan fingerprint density at radius 2 is 1.83 bits per heavy atom. The van der Waals surface area contributed by atoms with Gasteiger partial charge in [-0.1, -0.05) is 18.2 Å². The molecule has 66 valence electrons. The van der Waals surface area contributed by atoms with Gasteiger partial charge in [-0.25, -0.2) is 0 Å². The maximum absolute atomic E-state index is 12.5. The highest BCUT2D eigenvalue weighted by Gasteiger charge is 2.29. The summed E-state index contributed by atoms with van der Waals surface area (Å²) in [6, 6.07) is 4.45. The molecular weight excluding hydrogens is 162 g/mol. The van der Waals surface area contributed by atoms with E-state index in [1.807, 2.05) is 0 Å². The molecule has 0 bridgehead atoms. The molecule has 3 heteroatoms. The summed E-state index contributed by atoms with van der Waals surface area (Å²) in [5.74, 6) is 0. The first-order valence-electron chi connectivity index (χ1n) is 3.60. The van der Waals surface area contributed by atoms with E-state index >= 15 is 0 Å². The summed E-state index contributed by atoms with van der Waals surface area (Å²) >= 11 is 0. The van der Waals surface area contributed by atoms with E-state index in [0.717, 1.165) is 5.56 Å². The van der Waals surface area contributed by atoms with Gasteiger partial charge in [-0.05, 0) is 25.0 Å². The standard InChI is InChI=1S/C9H10F2O/c1-6-4-3-5-8(7(6)2)9(10,11)12/h3-5,12H,1-2H3. The average Bonchev–Trinajstić information content (AvgIpc) is 1.92. The van der Waals surface area contributed by atoms with E-state index in [2.05, 4.69) is 0 Å². The molecule has 0 saturated carbocycles. The van der Waals surface area contributed by atoms with Gasteiger partial charge in [0, 0.05) is 0 Å². The number of hydrogen-bond donors (Lipinski definition) is 1. The Bertz CT molecular complexity index is 289. The molecule has 0 atom stereocenters. The van der Waals surface area contributed by atoms with Crippen molar-refractivity contribution in [2.45, 2.75) is 20.0 Å². The van der Waals surface area contributed by atoms with Crippen molar-refractivity contribution in [1.29, 1.82) is 0 Å². The van der Waals surface area contributed by atoms with E-state index in [-0.39, 0.29) is 5.56 Å². The van der Waals surface area contributed by atoms with Crippen LogP contribution in [0.2, 0.25) is 0 Å². The van der Waals surface area contributed by atoms with Crippen molar-refractivity contribution < 1.29 is 13.9 Å². The van der Waals surface area contributed by atoms with Gasteiger partial charge in [-0.2, -0.15) is 8.78 Å². The zero-order valence-electron chi connectivity index (χ0n) is 6.94. The predicted molar refractivity (Wildman–Crippen MR) is 42.0 cm³/mol. The molecule has 0 fully saturated rings. The fourth-order valence-corrected chi connectivity index (χ4v) is 1.08. The lowest BCUT2D eigenvalue weighted by Crippen LogP contribution is -2.13. The van der Waals surface area contributed by atoms with Crippen molar-refractivity contribution >= 4 is 0 Å². The number of hydrogen-bond acceptors (Lipinski definition) is 1. The summed E-state index contributed by atoms with van der Waals surface area (Å²) in [4.78, 5) is 0.